The van der Waals surface area contributed by atoms with Gasteiger partial charge in [-0.15, -0.1) is 0 Å². The van der Waals surface area contributed by atoms with Crippen LogP contribution in [0, 0.1) is 5.82 Å². The second-order valence-electron chi connectivity index (χ2n) is 6.32. The molecule has 1 saturated heterocycles. The van der Waals surface area contributed by atoms with Gasteiger partial charge in [-0.2, -0.15) is 0 Å². The monoisotopic (exact) mass is 483 g/mol. The Balaban J connectivity index is 1.68. The Morgan fingerprint density at radius 3 is 2.66 bits per heavy atom. The van der Waals surface area contributed by atoms with Crippen LogP contribution in [0.3, 0.4) is 0 Å². The topological polar surface area (TPSA) is 102 Å². The largest absolute Gasteiger partial charge is 0.378 e. The lowest BCUT2D eigenvalue weighted by Crippen LogP contribution is -2.40. The number of nitrogens with one attached hydrogen (secondary N) is 1. The standard InChI is InChI=1S/C18H15BrFN3O5S/c19-11-1-3-15(14(20)9-11)22-29(25,26)12-2-4-16-13(10-12)17(21-28-16)18(24)23-5-7-27-8-6-23/h1-4,9-10,22H,5-8H2. The quantitative estimate of drug-likeness (QED) is 0.611. The highest BCUT2D eigenvalue weighted by molar-refractivity contribution is 9.10. The maximum absolute atomic E-state index is 14.0. The zero-order valence-electron chi connectivity index (χ0n) is 14.9. The van der Waals surface area contributed by atoms with Crippen LogP contribution in [0.2, 0.25) is 0 Å². The SMILES string of the molecule is O=C(c1noc2ccc(S(=O)(=O)Nc3ccc(Br)cc3F)cc12)N1CCOCC1. The highest BCUT2D eigenvalue weighted by Gasteiger charge is 2.26. The molecule has 0 bridgehead atoms. The molecule has 4 rings (SSSR count). The van der Waals surface area contributed by atoms with E-state index in [0.717, 1.165) is 6.07 Å². The fraction of sp³-hybridized carbons (Fsp3) is 0.222. The van der Waals surface area contributed by atoms with Gasteiger partial charge in [-0.05, 0) is 36.4 Å². The molecule has 8 nitrogen and oxygen atoms in total. The van der Waals surface area contributed by atoms with Gasteiger partial charge in [-0.3, -0.25) is 9.52 Å². The number of anilines is 1. The van der Waals surface area contributed by atoms with Crippen molar-refractivity contribution in [2.75, 3.05) is 31.0 Å². The highest BCUT2D eigenvalue weighted by atomic mass is 79.9. The van der Waals surface area contributed by atoms with E-state index in [1.54, 1.807) is 4.90 Å². The van der Waals surface area contributed by atoms with Crippen molar-refractivity contribution < 1.29 is 26.9 Å². The first-order valence-electron chi connectivity index (χ1n) is 8.59. The van der Waals surface area contributed by atoms with Gasteiger partial charge in [0.2, 0.25) is 0 Å². The summed E-state index contributed by atoms with van der Waals surface area (Å²) >= 11 is 3.12. The van der Waals surface area contributed by atoms with Gasteiger partial charge in [-0.1, -0.05) is 21.1 Å². The second kappa shape index (κ2) is 7.73. The molecule has 1 N–H and O–H groups in total. The smallest absolute Gasteiger partial charge is 0.276 e. The molecule has 0 aliphatic carbocycles. The molecule has 1 amide bonds. The van der Waals surface area contributed by atoms with E-state index in [-0.39, 0.29) is 33.2 Å². The van der Waals surface area contributed by atoms with Gasteiger partial charge in [-0.25, -0.2) is 12.8 Å². The minimum Gasteiger partial charge on any atom is -0.378 e. The number of fused-ring (bicyclic) bond motifs is 1. The van der Waals surface area contributed by atoms with Crippen molar-refractivity contribution in [3.8, 4) is 0 Å². The summed E-state index contributed by atoms with van der Waals surface area (Å²) in [6.07, 6.45) is 0. The van der Waals surface area contributed by atoms with Crippen LogP contribution < -0.4 is 4.72 Å². The van der Waals surface area contributed by atoms with Gasteiger partial charge >= 0.3 is 0 Å². The van der Waals surface area contributed by atoms with Crippen LogP contribution in [0.5, 0.6) is 0 Å². The number of carbonyl (C=O) groups is 1. The molecule has 1 aliphatic rings. The zero-order chi connectivity index (χ0) is 20.6. The summed E-state index contributed by atoms with van der Waals surface area (Å²) in [5.74, 6) is -1.09. The van der Waals surface area contributed by atoms with Crippen molar-refractivity contribution in [3.05, 3.63) is 52.4 Å². The predicted molar refractivity (Wildman–Crippen MR) is 106 cm³/mol. The van der Waals surface area contributed by atoms with Gasteiger partial charge < -0.3 is 14.2 Å². The van der Waals surface area contributed by atoms with Crippen LogP contribution in [-0.4, -0.2) is 50.7 Å². The lowest BCUT2D eigenvalue weighted by Gasteiger charge is -2.25. The molecular formula is C18H15BrFN3O5S. The minimum atomic E-state index is -4.11. The molecule has 0 atom stereocenters. The molecule has 3 aromatic rings. The predicted octanol–water partition coefficient (Wildman–Crippen LogP) is 3.00. The van der Waals surface area contributed by atoms with Crippen molar-refractivity contribution in [1.29, 1.82) is 0 Å². The Morgan fingerprint density at radius 1 is 1.17 bits per heavy atom. The highest BCUT2D eigenvalue weighted by Crippen LogP contribution is 2.26. The number of ether oxygens (including phenoxy) is 1. The lowest BCUT2D eigenvalue weighted by molar-refractivity contribution is 0.0297. The number of hydrogen-bond acceptors (Lipinski definition) is 6. The number of amides is 1. The Hall–Kier alpha value is -2.50. The van der Waals surface area contributed by atoms with E-state index in [9.17, 15) is 17.6 Å². The first kappa shape index (κ1) is 19.8. The van der Waals surface area contributed by atoms with Gasteiger partial charge in [0, 0.05) is 17.6 Å². The van der Waals surface area contributed by atoms with Gasteiger partial charge in [0.15, 0.2) is 11.3 Å². The normalized spacial score (nSPS) is 14.9. The summed E-state index contributed by atoms with van der Waals surface area (Å²) in [6.45, 7) is 1.67. The average molecular weight is 484 g/mol. The van der Waals surface area contributed by atoms with Crippen molar-refractivity contribution >= 4 is 48.5 Å². The third-order valence-electron chi connectivity index (χ3n) is 4.43. The van der Waals surface area contributed by atoms with Crippen molar-refractivity contribution in [1.82, 2.24) is 10.1 Å². The van der Waals surface area contributed by atoms with Gasteiger partial charge in [0.1, 0.15) is 5.82 Å². The zero-order valence-corrected chi connectivity index (χ0v) is 17.3. The van der Waals surface area contributed by atoms with Crippen LogP contribution in [0.15, 0.2) is 50.3 Å². The first-order chi connectivity index (χ1) is 13.8. The molecule has 29 heavy (non-hydrogen) atoms. The molecule has 2 heterocycles. The number of rotatable bonds is 4. The summed E-state index contributed by atoms with van der Waals surface area (Å²) in [4.78, 5) is 14.2. The molecule has 0 radical (unpaired) electrons. The molecule has 0 saturated carbocycles. The van der Waals surface area contributed by atoms with E-state index in [1.165, 1.54) is 30.3 Å². The Morgan fingerprint density at radius 2 is 1.93 bits per heavy atom. The van der Waals surface area contributed by atoms with E-state index in [4.69, 9.17) is 9.26 Å². The van der Waals surface area contributed by atoms with Crippen LogP contribution in [-0.2, 0) is 14.8 Å². The molecule has 152 valence electrons. The molecule has 0 spiro atoms. The van der Waals surface area contributed by atoms with E-state index < -0.39 is 15.8 Å². The minimum absolute atomic E-state index is 0.0220. The molecule has 2 aromatic carbocycles. The van der Waals surface area contributed by atoms with E-state index >= 15 is 0 Å². The van der Waals surface area contributed by atoms with Crippen LogP contribution in [0.25, 0.3) is 11.0 Å². The number of nitrogens with zero attached hydrogens (tertiary/aromatic N) is 2. The molecule has 1 aliphatic heterocycles. The van der Waals surface area contributed by atoms with E-state index in [0.29, 0.717) is 30.8 Å². The third-order valence-corrected chi connectivity index (χ3v) is 6.28. The maximum atomic E-state index is 14.0. The van der Waals surface area contributed by atoms with Crippen molar-refractivity contribution in [3.63, 3.8) is 0 Å². The summed E-state index contributed by atoms with van der Waals surface area (Å²) in [5.41, 5.74) is 0.104. The lowest BCUT2D eigenvalue weighted by atomic mass is 10.2. The molecule has 11 heteroatoms. The Bertz CT molecular complexity index is 1190. The van der Waals surface area contributed by atoms with Crippen LogP contribution in [0.1, 0.15) is 10.5 Å². The van der Waals surface area contributed by atoms with Gasteiger partial charge in [0.25, 0.3) is 15.9 Å². The number of hydrogen-bond donors (Lipinski definition) is 1. The average Bonchev–Trinajstić information content (AvgIpc) is 3.13. The fourth-order valence-electron chi connectivity index (χ4n) is 2.93. The molecule has 1 aromatic heterocycles. The van der Waals surface area contributed by atoms with Crippen molar-refractivity contribution in [2.45, 2.75) is 4.90 Å². The molecule has 1 fully saturated rings. The summed E-state index contributed by atoms with van der Waals surface area (Å²) in [7, 11) is -4.11. The van der Waals surface area contributed by atoms with Crippen LogP contribution >= 0.6 is 15.9 Å². The Kier molecular flexibility index (Phi) is 5.28. The molecular weight excluding hydrogens is 469 g/mol. The van der Waals surface area contributed by atoms with Gasteiger partial charge in [0.05, 0.1) is 29.2 Å². The number of benzene rings is 2. The van der Waals surface area contributed by atoms with Crippen molar-refractivity contribution in [2.24, 2.45) is 0 Å². The summed E-state index contributed by atoms with van der Waals surface area (Å²) < 4.78 is 52.6. The summed E-state index contributed by atoms with van der Waals surface area (Å²) in [6, 6.07) is 7.98. The number of aromatic nitrogens is 1. The third kappa shape index (κ3) is 3.98. The fourth-order valence-corrected chi connectivity index (χ4v) is 4.36. The second-order valence-corrected chi connectivity index (χ2v) is 8.92. The number of halogens is 2. The summed E-state index contributed by atoms with van der Waals surface area (Å²) in [5, 5.41) is 4.08. The Labute approximate surface area is 173 Å². The maximum Gasteiger partial charge on any atom is 0.276 e. The number of morpholine rings is 1. The van der Waals surface area contributed by atoms with Crippen LogP contribution in [0.4, 0.5) is 10.1 Å². The van der Waals surface area contributed by atoms with E-state index in [1.807, 2.05) is 0 Å². The first-order valence-corrected chi connectivity index (χ1v) is 10.9. The molecule has 0 unspecified atom stereocenters. The number of sulfonamides is 1. The number of carbonyl (C=O) groups excluding carboxylic acids is 1. The van der Waals surface area contributed by atoms with E-state index in [2.05, 4.69) is 25.8 Å².